The molecule has 2 N–H and O–H groups in total. The molecule has 0 radical (unpaired) electrons. The summed E-state index contributed by atoms with van der Waals surface area (Å²) in [5.41, 5.74) is 7.43. The number of aromatic nitrogens is 2. The van der Waals surface area contributed by atoms with Crippen molar-refractivity contribution in [2.75, 3.05) is 43.9 Å². The van der Waals surface area contributed by atoms with Gasteiger partial charge in [-0.25, -0.2) is 0 Å². The first-order valence-electron chi connectivity index (χ1n) is 12.6. The molecule has 1 aliphatic heterocycles. The number of piperazine rings is 1. The highest BCUT2D eigenvalue weighted by Crippen LogP contribution is 2.27. The first kappa shape index (κ1) is 24.6. The van der Waals surface area contributed by atoms with E-state index in [1.165, 1.54) is 5.56 Å². The lowest BCUT2D eigenvalue weighted by Gasteiger charge is -2.32. The van der Waals surface area contributed by atoms with Gasteiger partial charge in [-0.2, -0.15) is 0 Å². The Kier molecular flexibility index (Phi) is 7.54. The Labute approximate surface area is 218 Å². The molecule has 0 bridgehead atoms. The summed E-state index contributed by atoms with van der Waals surface area (Å²) in [6.45, 7) is 7.30. The molecule has 0 atom stereocenters. The SMILES string of the molecule is Cc1ccc(NC(=O)c2ccc(CN3CCN(C)CC3)cc2)cc1Nc1cncc(-c2cccnc2)c1. The molecule has 0 spiro atoms. The molecule has 3 heterocycles. The second-order valence-corrected chi connectivity index (χ2v) is 9.59. The Hall–Kier alpha value is -4.07. The van der Waals surface area contributed by atoms with E-state index < -0.39 is 0 Å². The van der Waals surface area contributed by atoms with Gasteiger partial charge < -0.3 is 15.5 Å². The monoisotopic (exact) mass is 492 g/mol. The Balaban J connectivity index is 1.24. The third kappa shape index (κ3) is 6.39. The fraction of sp³-hybridized carbons (Fsp3) is 0.233. The summed E-state index contributed by atoms with van der Waals surface area (Å²) in [5.74, 6) is -0.124. The van der Waals surface area contributed by atoms with E-state index >= 15 is 0 Å². The van der Waals surface area contributed by atoms with Crippen molar-refractivity contribution in [1.82, 2.24) is 19.8 Å². The van der Waals surface area contributed by atoms with Crippen LogP contribution in [0.2, 0.25) is 0 Å². The maximum Gasteiger partial charge on any atom is 0.255 e. The predicted octanol–water partition coefficient (Wildman–Crippen LogP) is 5.20. The minimum Gasteiger partial charge on any atom is -0.354 e. The van der Waals surface area contributed by atoms with Crippen molar-refractivity contribution in [3.05, 3.63) is 102 Å². The molecule has 2 aromatic carbocycles. The summed E-state index contributed by atoms with van der Waals surface area (Å²) in [6, 6.07) is 19.7. The lowest BCUT2D eigenvalue weighted by Crippen LogP contribution is -2.43. The van der Waals surface area contributed by atoms with Gasteiger partial charge in [-0.05, 0) is 61.5 Å². The molecular formula is C30H32N6O. The minimum absolute atomic E-state index is 0.124. The van der Waals surface area contributed by atoms with Crippen LogP contribution in [-0.4, -0.2) is 58.9 Å². The highest BCUT2D eigenvalue weighted by Gasteiger charge is 2.14. The topological polar surface area (TPSA) is 73.4 Å². The van der Waals surface area contributed by atoms with E-state index in [4.69, 9.17) is 0 Å². The second-order valence-electron chi connectivity index (χ2n) is 9.59. The number of nitrogens with zero attached hydrogens (tertiary/aromatic N) is 4. The zero-order chi connectivity index (χ0) is 25.6. The van der Waals surface area contributed by atoms with Gasteiger partial charge in [0.25, 0.3) is 5.91 Å². The van der Waals surface area contributed by atoms with E-state index in [9.17, 15) is 4.79 Å². The van der Waals surface area contributed by atoms with Crippen LogP contribution in [0.3, 0.4) is 0 Å². The number of carbonyl (C=O) groups excluding carboxylic acids is 1. The molecule has 1 aliphatic rings. The maximum atomic E-state index is 12.9. The number of anilines is 3. The van der Waals surface area contributed by atoms with Crippen LogP contribution in [0.15, 0.2) is 85.5 Å². The Bertz CT molecular complexity index is 1350. The zero-order valence-electron chi connectivity index (χ0n) is 21.3. The van der Waals surface area contributed by atoms with Crippen LogP contribution in [0.25, 0.3) is 11.1 Å². The van der Waals surface area contributed by atoms with Crippen molar-refractivity contribution in [2.24, 2.45) is 0 Å². The van der Waals surface area contributed by atoms with Crippen molar-refractivity contribution in [2.45, 2.75) is 13.5 Å². The third-order valence-corrected chi connectivity index (χ3v) is 6.73. The normalized spacial score (nSPS) is 14.3. The summed E-state index contributed by atoms with van der Waals surface area (Å²) in [7, 11) is 2.16. The van der Waals surface area contributed by atoms with Crippen LogP contribution in [0.4, 0.5) is 17.1 Å². The van der Waals surface area contributed by atoms with Gasteiger partial charge in [0, 0.05) is 79.4 Å². The van der Waals surface area contributed by atoms with Gasteiger partial charge in [-0.3, -0.25) is 19.7 Å². The maximum absolute atomic E-state index is 12.9. The summed E-state index contributed by atoms with van der Waals surface area (Å²) in [4.78, 5) is 26.3. The van der Waals surface area contributed by atoms with E-state index in [2.05, 4.69) is 49.6 Å². The van der Waals surface area contributed by atoms with Crippen LogP contribution >= 0.6 is 0 Å². The molecule has 188 valence electrons. The quantitative estimate of drug-likeness (QED) is 0.370. The van der Waals surface area contributed by atoms with Crippen LogP contribution in [-0.2, 0) is 6.54 Å². The fourth-order valence-corrected chi connectivity index (χ4v) is 4.42. The minimum atomic E-state index is -0.124. The highest BCUT2D eigenvalue weighted by atomic mass is 16.1. The van der Waals surface area contributed by atoms with Crippen molar-refractivity contribution in [3.63, 3.8) is 0 Å². The van der Waals surface area contributed by atoms with Gasteiger partial charge >= 0.3 is 0 Å². The van der Waals surface area contributed by atoms with Crippen molar-refractivity contribution >= 4 is 23.0 Å². The number of hydrogen-bond acceptors (Lipinski definition) is 6. The second kappa shape index (κ2) is 11.3. The molecule has 7 heteroatoms. The fourth-order valence-electron chi connectivity index (χ4n) is 4.42. The van der Waals surface area contributed by atoms with E-state index in [-0.39, 0.29) is 5.91 Å². The van der Waals surface area contributed by atoms with E-state index in [0.717, 1.165) is 66.5 Å². The number of benzene rings is 2. The predicted molar refractivity (Wildman–Crippen MR) is 149 cm³/mol. The Morgan fingerprint density at radius 2 is 1.65 bits per heavy atom. The number of hydrogen-bond donors (Lipinski definition) is 2. The molecule has 2 aromatic heterocycles. The molecule has 1 amide bonds. The van der Waals surface area contributed by atoms with E-state index in [0.29, 0.717) is 5.56 Å². The number of carbonyl (C=O) groups is 1. The Morgan fingerprint density at radius 3 is 2.41 bits per heavy atom. The molecule has 1 fully saturated rings. The first-order valence-corrected chi connectivity index (χ1v) is 12.6. The smallest absolute Gasteiger partial charge is 0.255 e. The van der Waals surface area contributed by atoms with Crippen molar-refractivity contribution in [1.29, 1.82) is 0 Å². The average molecular weight is 493 g/mol. The summed E-state index contributed by atoms with van der Waals surface area (Å²) < 4.78 is 0. The van der Waals surface area contributed by atoms with Gasteiger partial charge in [0.2, 0.25) is 0 Å². The molecule has 1 saturated heterocycles. The number of pyridine rings is 2. The lowest BCUT2D eigenvalue weighted by atomic mass is 10.1. The van der Waals surface area contributed by atoms with Crippen LogP contribution < -0.4 is 10.6 Å². The molecule has 0 aliphatic carbocycles. The molecular weight excluding hydrogens is 460 g/mol. The van der Waals surface area contributed by atoms with Crippen LogP contribution in [0.1, 0.15) is 21.5 Å². The number of nitrogens with one attached hydrogen (secondary N) is 2. The van der Waals surface area contributed by atoms with E-state index in [1.54, 1.807) is 12.4 Å². The Morgan fingerprint density at radius 1 is 0.865 bits per heavy atom. The standard InChI is InChI=1S/C30H32N6O/c1-22-5-10-27(17-29(22)33-28-16-26(19-32-20-28)25-4-3-11-31-18-25)34-30(37)24-8-6-23(7-9-24)21-36-14-12-35(2)13-15-36/h3-11,16-20,33H,12-15,21H2,1-2H3,(H,34,37). The third-order valence-electron chi connectivity index (χ3n) is 6.73. The van der Waals surface area contributed by atoms with Crippen molar-refractivity contribution < 1.29 is 4.79 Å². The summed E-state index contributed by atoms with van der Waals surface area (Å²) in [6.07, 6.45) is 7.18. The first-order chi connectivity index (χ1) is 18.0. The van der Waals surface area contributed by atoms with Gasteiger partial charge in [-0.1, -0.05) is 24.3 Å². The summed E-state index contributed by atoms with van der Waals surface area (Å²) >= 11 is 0. The van der Waals surface area contributed by atoms with Crippen molar-refractivity contribution in [3.8, 4) is 11.1 Å². The van der Waals surface area contributed by atoms with Crippen LogP contribution in [0, 0.1) is 6.92 Å². The number of aryl methyl sites for hydroxylation is 1. The lowest BCUT2D eigenvalue weighted by molar-refractivity contribution is 0.102. The zero-order valence-corrected chi connectivity index (χ0v) is 21.3. The molecule has 7 nitrogen and oxygen atoms in total. The molecule has 5 rings (SSSR count). The van der Waals surface area contributed by atoms with Crippen LogP contribution in [0.5, 0.6) is 0 Å². The van der Waals surface area contributed by atoms with Gasteiger partial charge in [0.1, 0.15) is 0 Å². The number of likely N-dealkylation sites (N-methyl/N-ethyl adjacent to an activating group) is 1. The van der Waals surface area contributed by atoms with E-state index in [1.807, 2.05) is 67.8 Å². The molecule has 0 saturated carbocycles. The molecule has 0 unspecified atom stereocenters. The average Bonchev–Trinajstić information content (AvgIpc) is 2.93. The van der Waals surface area contributed by atoms with Gasteiger partial charge in [0.15, 0.2) is 0 Å². The summed E-state index contributed by atoms with van der Waals surface area (Å²) in [5, 5.41) is 6.48. The largest absolute Gasteiger partial charge is 0.354 e. The van der Waals surface area contributed by atoms with Gasteiger partial charge in [-0.15, -0.1) is 0 Å². The highest BCUT2D eigenvalue weighted by molar-refractivity contribution is 6.04. The molecule has 4 aromatic rings. The molecule has 37 heavy (non-hydrogen) atoms. The number of rotatable bonds is 7. The number of amides is 1. The van der Waals surface area contributed by atoms with Gasteiger partial charge in [0.05, 0.1) is 11.9 Å².